The maximum Gasteiger partial charge on any atom is 0.268 e. The average Bonchev–Trinajstić information content (AvgIpc) is 0.922. The first kappa shape index (κ1) is 66.4. The number of benzene rings is 13. The second-order valence-electron chi connectivity index (χ2n) is 30.2. The lowest BCUT2D eigenvalue weighted by atomic mass is 9.30. The molecular formula is C91H58B3F8N3O3S2. The molecule has 0 atom stereocenters. The first-order valence-electron chi connectivity index (χ1n) is 36.4. The fraction of sp³-hybridized carbons (Fsp3) is 0.0989. The number of para-hydroxylation sites is 3. The summed E-state index contributed by atoms with van der Waals surface area (Å²) in [5.41, 5.74) is 17.6. The van der Waals surface area contributed by atoms with Crippen LogP contribution in [0.5, 0.6) is 34.5 Å². The summed E-state index contributed by atoms with van der Waals surface area (Å²) in [5, 5.41) is 1.04. The summed E-state index contributed by atoms with van der Waals surface area (Å²) in [6, 6.07) is 52.0. The molecule has 15 aromatic rings. The van der Waals surface area contributed by atoms with Gasteiger partial charge in [-0.05, 0) is 283 Å². The van der Waals surface area contributed by atoms with E-state index in [2.05, 4.69) is 36.4 Å². The van der Waals surface area contributed by atoms with Crippen molar-refractivity contribution in [3.8, 4) is 67.9 Å². The molecule has 6 aliphatic rings. The van der Waals surface area contributed by atoms with Gasteiger partial charge in [0, 0.05) is 69.9 Å². The van der Waals surface area contributed by atoms with Crippen molar-refractivity contribution in [2.24, 2.45) is 0 Å². The predicted octanol–water partition coefficient (Wildman–Crippen LogP) is 20.2. The molecule has 6 nitrogen and oxygen atoms in total. The zero-order valence-corrected chi connectivity index (χ0v) is 62.2. The molecule has 0 aliphatic carbocycles. The molecule has 532 valence electrons. The van der Waals surface area contributed by atoms with Crippen LogP contribution in [0.25, 0.3) is 53.6 Å². The molecule has 6 aliphatic heterocycles. The van der Waals surface area contributed by atoms with Crippen molar-refractivity contribution >= 4 is 162 Å². The van der Waals surface area contributed by atoms with Crippen LogP contribution in [0.1, 0.15) is 50.1 Å². The van der Waals surface area contributed by atoms with E-state index >= 15 is 35.1 Å². The number of ether oxygens (including phenoxy) is 3. The topological polar surface area (TPSA) is 37.4 Å². The Bertz CT molecular complexity index is 6640. The Morgan fingerprint density at radius 3 is 0.973 bits per heavy atom. The van der Waals surface area contributed by atoms with Gasteiger partial charge in [0.1, 0.15) is 98.1 Å². The van der Waals surface area contributed by atoms with Crippen LogP contribution in [0.3, 0.4) is 0 Å². The van der Waals surface area contributed by atoms with Crippen LogP contribution in [-0.2, 0) is 0 Å². The van der Waals surface area contributed by atoms with E-state index in [1.54, 1.807) is 32.9 Å². The Balaban J connectivity index is 0.910. The van der Waals surface area contributed by atoms with E-state index in [9.17, 15) is 0 Å². The van der Waals surface area contributed by atoms with Gasteiger partial charge >= 0.3 is 0 Å². The Morgan fingerprint density at radius 1 is 0.291 bits per heavy atom. The minimum absolute atomic E-state index is 0.227. The third-order valence-corrected chi connectivity index (χ3v) is 25.5. The number of aryl methyl sites for hydroxylation is 9. The Morgan fingerprint density at radius 2 is 0.609 bits per heavy atom. The van der Waals surface area contributed by atoms with Gasteiger partial charge in [0.15, 0.2) is 0 Å². The number of anilines is 9. The third-order valence-electron chi connectivity index (χ3n) is 23.1. The lowest BCUT2D eigenvalue weighted by molar-refractivity contribution is 0.487. The van der Waals surface area contributed by atoms with Gasteiger partial charge < -0.3 is 28.9 Å². The molecule has 0 saturated heterocycles. The van der Waals surface area contributed by atoms with E-state index < -0.39 is 78.1 Å². The largest absolute Gasteiger partial charge is 0.458 e. The normalized spacial score (nSPS) is 13.6. The summed E-state index contributed by atoms with van der Waals surface area (Å²) in [5.74, 6) is -4.22. The molecule has 0 spiro atoms. The standard InChI is InChI=1S/C91H58B3F8N3O3S2/c1-41-23-44(4)79(45(5)24-41)50-29-70-82-74(32-50)106-73-40-69-59(94-84-72(105(69)87-65(101)17-12-18-66(87)102)31-52(81-48(8)27-43(3)28-49(81)9)34-76(84)108-89-56-36-54(96)20-22-78(56)110-91(89)94)38-60(73)92(82)57-37-58-68(39-67(57)103(70)85-61(97)13-10-14-62(85)98)104(86-63(99)15-11-16-64(86)100)71-30-51(80-46(6)25-42(2)26-47(80)7)33-75-83(71)93(58)90-88(107-75)55-35-53(95)19-21-77(55)109-90/h10-40H,1-9H3. The molecule has 2 aromatic heterocycles. The minimum atomic E-state index is -0.968. The predicted molar refractivity (Wildman–Crippen MR) is 433 cm³/mol. The first-order valence-corrected chi connectivity index (χ1v) is 38.0. The number of hydrogen-bond acceptors (Lipinski definition) is 8. The van der Waals surface area contributed by atoms with Gasteiger partial charge in [-0.15, -0.1) is 22.7 Å². The van der Waals surface area contributed by atoms with Crippen molar-refractivity contribution in [3.05, 3.63) is 285 Å². The summed E-state index contributed by atoms with van der Waals surface area (Å²) >= 11 is 2.82. The Kier molecular flexibility index (Phi) is 14.3. The Hall–Kier alpha value is -11.8. The number of halogens is 8. The summed E-state index contributed by atoms with van der Waals surface area (Å²) in [4.78, 5) is 4.75. The molecule has 0 bridgehead atoms. The highest BCUT2D eigenvalue weighted by atomic mass is 32.1. The molecule has 0 saturated carbocycles. The molecule has 0 N–H and O–H groups in total. The highest BCUT2D eigenvalue weighted by molar-refractivity contribution is 7.34. The fourth-order valence-electron chi connectivity index (χ4n) is 19.3. The Labute approximate surface area is 636 Å². The molecule has 0 amide bonds. The van der Waals surface area contributed by atoms with E-state index in [-0.39, 0.29) is 22.8 Å². The molecule has 0 fully saturated rings. The second kappa shape index (κ2) is 23.6. The van der Waals surface area contributed by atoms with Crippen molar-refractivity contribution < 1.29 is 49.3 Å². The van der Waals surface area contributed by atoms with Crippen LogP contribution >= 0.6 is 22.7 Å². The van der Waals surface area contributed by atoms with E-state index in [0.29, 0.717) is 131 Å². The number of rotatable bonds is 6. The summed E-state index contributed by atoms with van der Waals surface area (Å²) in [6.07, 6.45) is 0. The van der Waals surface area contributed by atoms with Crippen molar-refractivity contribution in [1.29, 1.82) is 0 Å². The van der Waals surface area contributed by atoms with Gasteiger partial charge in [0.05, 0.1) is 0 Å². The average molecular weight is 1490 g/mol. The molecule has 0 unspecified atom stereocenters. The van der Waals surface area contributed by atoms with E-state index in [4.69, 9.17) is 14.2 Å². The van der Waals surface area contributed by atoms with E-state index in [1.807, 2.05) is 117 Å². The van der Waals surface area contributed by atoms with Crippen LogP contribution in [0, 0.1) is 109 Å². The highest BCUT2D eigenvalue weighted by Gasteiger charge is 2.52. The van der Waals surface area contributed by atoms with Crippen LogP contribution in [0.4, 0.5) is 86.3 Å². The maximum absolute atomic E-state index is 18.0. The van der Waals surface area contributed by atoms with Gasteiger partial charge in [0.25, 0.3) is 20.1 Å². The molecule has 13 aromatic carbocycles. The fourth-order valence-corrected chi connectivity index (χ4v) is 21.8. The third kappa shape index (κ3) is 9.43. The molecule has 110 heavy (non-hydrogen) atoms. The molecule has 0 radical (unpaired) electrons. The van der Waals surface area contributed by atoms with E-state index in [1.165, 1.54) is 102 Å². The monoisotopic (exact) mass is 1490 g/mol. The van der Waals surface area contributed by atoms with Crippen molar-refractivity contribution in [2.45, 2.75) is 62.3 Å². The van der Waals surface area contributed by atoms with Gasteiger partial charge in [-0.3, -0.25) is 0 Å². The second-order valence-corrected chi connectivity index (χ2v) is 32.3. The van der Waals surface area contributed by atoms with Crippen LogP contribution in [0.2, 0.25) is 0 Å². The zero-order chi connectivity index (χ0) is 75.4. The van der Waals surface area contributed by atoms with Crippen LogP contribution in [0.15, 0.2) is 188 Å². The summed E-state index contributed by atoms with van der Waals surface area (Å²) in [6.45, 7) is 15.6. The molecule has 8 heterocycles. The van der Waals surface area contributed by atoms with Crippen molar-refractivity contribution in [3.63, 3.8) is 0 Å². The van der Waals surface area contributed by atoms with Crippen molar-refractivity contribution in [2.75, 3.05) is 14.7 Å². The quantitative estimate of drug-likeness (QED) is 0.122. The highest BCUT2D eigenvalue weighted by Crippen LogP contribution is 2.54. The summed E-state index contributed by atoms with van der Waals surface area (Å²) in [7, 11) is 0. The zero-order valence-electron chi connectivity index (χ0n) is 60.5. The van der Waals surface area contributed by atoms with E-state index in [0.717, 1.165) is 71.5 Å². The molecule has 19 heteroatoms. The van der Waals surface area contributed by atoms with Crippen molar-refractivity contribution in [1.82, 2.24) is 0 Å². The lowest BCUT2D eigenvalue weighted by Gasteiger charge is -2.45. The summed E-state index contributed by atoms with van der Waals surface area (Å²) < 4.78 is 164. The van der Waals surface area contributed by atoms with Gasteiger partial charge in [0.2, 0.25) is 0 Å². The van der Waals surface area contributed by atoms with Crippen LogP contribution in [-0.4, -0.2) is 20.1 Å². The van der Waals surface area contributed by atoms with Gasteiger partial charge in [-0.1, -0.05) is 83.4 Å². The lowest BCUT2D eigenvalue weighted by Crippen LogP contribution is -2.65. The number of hydrogen-bond donors (Lipinski definition) is 0. The number of fused-ring (bicyclic) bond motifs is 16. The SMILES string of the molecule is Cc1cc(C)c(-c2cc3c4c(c2)N(c2c(F)cccc2F)c2cc5c(cc2B4c2cc4c(cc2O3)N(c2c(F)cccc2F)c2cc(-c3c(C)cc(C)cc3C)cc3c2B4c2sc4ccc(F)cc4c2O3)B2c3sc4ccc(F)cc4c3Oc3cc(-c4c(C)cc(C)cc4C)cc(c32)N5c2c(F)cccc2F)c(C)c1. The van der Waals surface area contributed by atoms with Gasteiger partial charge in [-0.25, -0.2) is 35.1 Å². The number of nitrogens with zero attached hydrogens (tertiary/aromatic N) is 3. The molecular weight excluding hydrogens is 1430 g/mol. The van der Waals surface area contributed by atoms with Crippen LogP contribution < -0.4 is 76.7 Å². The van der Waals surface area contributed by atoms with Gasteiger partial charge in [-0.2, -0.15) is 0 Å². The molecule has 21 rings (SSSR count). The first-order chi connectivity index (χ1) is 53.0. The minimum Gasteiger partial charge on any atom is -0.458 e. The maximum atomic E-state index is 18.0. The number of thiophene rings is 2. The smallest absolute Gasteiger partial charge is 0.268 e.